The van der Waals surface area contributed by atoms with Gasteiger partial charge >= 0.3 is 0 Å². The van der Waals surface area contributed by atoms with Crippen molar-refractivity contribution in [3.63, 3.8) is 0 Å². The Kier molecular flexibility index (Phi) is 6.83. The summed E-state index contributed by atoms with van der Waals surface area (Å²) in [6, 6.07) is 5.53. The molecule has 0 fully saturated rings. The van der Waals surface area contributed by atoms with Crippen molar-refractivity contribution >= 4 is 33.4 Å². The van der Waals surface area contributed by atoms with Crippen molar-refractivity contribution in [3.05, 3.63) is 33.3 Å². The Morgan fingerprint density at radius 3 is 2.79 bits per heavy atom. The van der Waals surface area contributed by atoms with Gasteiger partial charge < -0.3 is 9.64 Å². The summed E-state index contributed by atoms with van der Waals surface area (Å²) in [6.07, 6.45) is 0.890. The van der Waals surface area contributed by atoms with Crippen LogP contribution in [0.5, 0.6) is 0 Å². The molecule has 1 rings (SSSR count). The van der Waals surface area contributed by atoms with Gasteiger partial charge in [-0.3, -0.25) is 4.79 Å². The molecule has 1 aromatic rings. The first-order chi connectivity index (χ1) is 9.02. The van der Waals surface area contributed by atoms with Crippen molar-refractivity contribution in [2.24, 2.45) is 0 Å². The average Bonchev–Trinajstić information content (AvgIpc) is 2.41. The summed E-state index contributed by atoms with van der Waals surface area (Å²) in [7, 11) is 1.63. The summed E-state index contributed by atoms with van der Waals surface area (Å²) < 4.78 is 5.80. The Hall–Kier alpha value is -0.580. The van der Waals surface area contributed by atoms with Crippen molar-refractivity contribution in [1.29, 1.82) is 0 Å². The summed E-state index contributed by atoms with van der Waals surface area (Å²) >= 11 is 9.53. The molecule has 19 heavy (non-hydrogen) atoms. The lowest BCUT2D eigenvalue weighted by molar-refractivity contribution is 0.0614. The van der Waals surface area contributed by atoms with E-state index in [1.54, 1.807) is 18.1 Å². The van der Waals surface area contributed by atoms with Gasteiger partial charge in [0.15, 0.2) is 0 Å². The molecule has 1 atom stereocenters. The van der Waals surface area contributed by atoms with E-state index in [4.69, 9.17) is 16.3 Å². The van der Waals surface area contributed by atoms with Gasteiger partial charge in [-0.2, -0.15) is 0 Å². The van der Waals surface area contributed by atoms with E-state index in [9.17, 15) is 4.79 Å². The number of benzene rings is 1. The van der Waals surface area contributed by atoms with Crippen LogP contribution in [0, 0.1) is 0 Å². The van der Waals surface area contributed by atoms with Crippen molar-refractivity contribution in [3.8, 4) is 0 Å². The second-order valence-electron chi connectivity index (χ2n) is 4.35. The largest absolute Gasteiger partial charge is 0.383 e. The molecule has 0 spiro atoms. The van der Waals surface area contributed by atoms with Gasteiger partial charge in [0.25, 0.3) is 5.91 Å². The smallest absolute Gasteiger partial charge is 0.255 e. The fourth-order valence-corrected chi connectivity index (χ4v) is 2.33. The maximum atomic E-state index is 12.6. The van der Waals surface area contributed by atoms with Crippen LogP contribution in [0.4, 0.5) is 0 Å². The maximum Gasteiger partial charge on any atom is 0.255 e. The lowest BCUT2D eigenvalue weighted by Crippen LogP contribution is -2.40. The maximum absolute atomic E-state index is 12.6. The minimum Gasteiger partial charge on any atom is -0.383 e. The van der Waals surface area contributed by atoms with Gasteiger partial charge in [0.05, 0.1) is 17.2 Å². The van der Waals surface area contributed by atoms with Crippen LogP contribution in [-0.4, -0.2) is 37.1 Å². The molecular weight excluding hydrogens is 330 g/mol. The number of carbonyl (C=O) groups is 1. The van der Waals surface area contributed by atoms with Crippen LogP contribution < -0.4 is 0 Å². The molecular formula is C14H19BrClNO2. The predicted octanol–water partition coefficient (Wildman–Crippen LogP) is 3.99. The molecule has 0 aromatic heterocycles. The Bertz CT molecular complexity index is 439. The molecule has 1 amide bonds. The molecule has 0 bridgehead atoms. The zero-order valence-corrected chi connectivity index (χ0v) is 13.8. The monoisotopic (exact) mass is 347 g/mol. The SMILES string of the molecule is CCC(C)N(CCOC)C(=O)c1cccc(Br)c1Cl. The minimum atomic E-state index is -0.0577. The number of hydrogen-bond donors (Lipinski definition) is 0. The molecule has 0 heterocycles. The molecule has 3 nitrogen and oxygen atoms in total. The Balaban J connectivity index is 3.01. The molecule has 1 unspecified atom stereocenters. The molecule has 0 N–H and O–H groups in total. The zero-order valence-electron chi connectivity index (χ0n) is 11.5. The number of amides is 1. The summed E-state index contributed by atoms with van der Waals surface area (Å²) in [5.41, 5.74) is 0.521. The van der Waals surface area contributed by atoms with Gasteiger partial charge in [-0.15, -0.1) is 0 Å². The number of methoxy groups -OCH3 is 1. The van der Waals surface area contributed by atoms with Crippen LogP contribution in [0.1, 0.15) is 30.6 Å². The van der Waals surface area contributed by atoms with Crippen molar-refractivity contribution in [2.45, 2.75) is 26.3 Å². The first kappa shape index (κ1) is 16.5. The van der Waals surface area contributed by atoms with E-state index in [1.807, 2.05) is 19.1 Å². The minimum absolute atomic E-state index is 0.0577. The van der Waals surface area contributed by atoms with E-state index in [-0.39, 0.29) is 11.9 Å². The van der Waals surface area contributed by atoms with Crippen LogP contribution in [0.3, 0.4) is 0 Å². The quantitative estimate of drug-likeness (QED) is 0.778. The summed E-state index contributed by atoms with van der Waals surface area (Å²) in [5, 5.41) is 0.457. The Labute approximate surface area is 128 Å². The summed E-state index contributed by atoms with van der Waals surface area (Å²) in [6.45, 7) is 5.16. The molecule has 5 heteroatoms. The lowest BCUT2D eigenvalue weighted by atomic mass is 10.1. The van der Waals surface area contributed by atoms with Gasteiger partial charge in [-0.05, 0) is 41.4 Å². The Morgan fingerprint density at radius 2 is 2.21 bits per heavy atom. The van der Waals surface area contributed by atoms with Gasteiger partial charge in [0.2, 0.25) is 0 Å². The molecule has 0 aliphatic rings. The highest BCUT2D eigenvalue weighted by Gasteiger charge is 2.22. The molecule has 1 aromatic carbocycles. The van der Waals surface area contributed by atoms with E-state index in [0.29, 0.717) is 23.7 Å². The first-order valence-electron chi connectivity index (χ1n) is 6.26. The zero-order chi connectivity index (χ0) is 14.4. The van der Waals surface area contributed by atoms with Gasteiger partial charge in [0.1, 0.15) is 0 Å². The van der Waals surface area contributed by atoms with Crippen molar-refractivity contribution in [2.75, 3.05) is 20.3 Å². The number of nitrogens with zero attached hydrogens (tertiary/aromatic N) is 1. The summed E-state index contributed by atoms with van der Waals surface area (Å²) in [5.74, 6) is -0.0577. The standard InChI is InChI=1S/C14H19BrClNO2/c1-4-10(2)17(8-9-19-3)14(18)11-6-5-7-12(15)13(11)16/h5-7,10H,4,8-9H2,1-3H3. The van der Waals surface area contributed by atoms with Crippen molar-refractivity contribution < 1.29 is 9.53 Å². The van der Waals surface area contributed by atoms with Crippen LogP contribution in [0.2, 0.25) is 5.02 Å². The normalized spacial score (nSPS) is 12.3. The van der Waals surface area contributed by atoms with Gasteiger partial charge in [-0.25, -0.2) is 0 Å². The lowest BCUT2D eigenvalue weighted by Gasteiger charge is -2.28. The number of rotatable bonds is 6. The third-order valence-electron chi connectivity index (χ3n) is 3.10. The summed E-state index contributed by atoms with van der Waals surface area (Å²) in [4.78, 5) is 14.4. The highest BCUT2D eigenvalue weighted by Crippen LogP contribution is 2.27. The average molecular weight is 349 g/mol. The highest BCUT2D eigenvalue weighted by atomic mass is 79.9. The number of ether oxygens (including phenoxy) is 1. The molecule has 106 valence electrons. The molecule has 0 saturated heterocycles. The second-order valence-corrected chi connectivity index (χ2v) is 5.58. The highest BCUT2D eigenvalue weighted by molar-refractivity contribution is 9.10. The van der Waals surface area contributed by atoms with Gasteiger partial charge in [0, 0.05) is 24.2 Å². The molecule has 0 radical (unpaired) electrons. The van der Waals surface area contributed by atoms with Crippen LogP contribution in [0.25, 0.3) is 0 Å². The second kappa shape index (κ2) is 7.88. The fraction of sp³-hybridized carbons (Fsp3) is 0.500. The molecule has 0 aliphatic carbocycles. The van der Waals surface area contributed by atoms with E-state index >= 15 is 0 Å². The Morgan fingerprint density at radius 1 is 1.53 bits per heavy atom. The first-order valence-corrected chi connectivity index (χ1v) is 7.43. The van der Waals surface area contributed by atoms with Crippen molar-refractivity contribution in [1.82, 2.24) is 4.90 Å². The number of hydrogen-bond acceptors (Lipinski definition) is 2. The van der Waals surface area contributed by atoms with Gasteiger partial charge in [-0.1, -0.05) is 24.6 Å². The van der Waals surface area contributed by atoms with E-state index in [2.05, 4.69) is 22.9 Å². The number of carbonyl (C=O) groups excluding carboxylic acids is 1. The molecule has 0 saturated carbocycles. The third kappa shape index (κ3) is 4.20. The topological polar surface area (TPSA) is 29.5 Å². The predicted molar refractivity (Wildman–Crippen MR) is 81.8 cm³/mol. The van der Waals surface area contributed by atoms with E-state index in [0.717, 1.165) is 10.9 Å². The number of halogens is 2. The molecule has 0 aliphatic heterocycles. The van der Waals surface area contributed by atoms with E-state index in [1.165, 1.54) is 0 Å². The van der Waals surface area contributed by atoms with Crippen LogP contribution >= 0.6 is 27.5 Å². The van der Waals surface area contributed by atoms with Crippen LogP contribution in [0.15, 0.2) is 22.7 Å². The van der Waals surface area contributed by atoms with E-state index < -0.39 is 0 Å². The fourth-order valence-electron chi connectivity index (χ4n) is 1.76. The van der Waals surface area contributed by atoms with Crippen LogP contribution in [-0.2, 0) is 4.74 Å². The third-order valence-corrected chi connectivity index (χ3v) is 4.40.